The number of hydrogen-bond acceptors (Lipinski definition) is 8. The summed E-state index contributed by atoms with van der Waals surface area (Å²) in [5.74, 6) is -2.12. The standard InChI is InChI=1S/C26H50N4O6/c1-23(2,3)26(24(4,5)6,22(35)36-25(7,8)9)30-13-11-27-10-12-28(18-20(31)32)14-15-29(16-17-30)19-21(33)34/h27H,10-19H2,1-9H3,(H,31,32)(H,33,34). The lowest BCUT2D eigenvalue weighted by molar-refractivity contribution is -0.193. The summed E-state index contributed by atoms with van der Waals surface area (Å²) >= 11 is 0. The molecule has 0 aromatic heterocycles. The first-order valence-electron chi connectivity index (χ1n) is 12.9. The van der Waals surface area contributed by atoms with Crippen LogP contribution < -0.4 is 5.32 Å². The van der Waals surface area contributed by atoms with E-state index in [1.54, 1.807) is 0 Å². The molecule has 3 N–H and O–H groups in total. The Labute approximate surface area is 217 Å². The molecule has 0 amide bonds. The third-order valence-electron chi connectivity index (χ3n) is 6.64. The van der Waals surface area contributed by atoms with Crippen LogP contribution in [0.15, 0.2) is 0 Å². The summed E-state index contributed by atoms with van der Waals surface area (Å²) in [4.78, 5) is 42.8. The monoisotopic (exact) mass is 514 g/mol. The highest BCUT2D eigenvalue weighted by Gasteiger charge is 2.61. The molecule has 10 nitrogen and oxygen atoms in total. The zero-order chi connectivity index (χ0) is 27.9. The van der Waals surface area contributed by atoms with Gasteiger partial charge in [-0.25, -0.2) is 4.79 Å². The van der Waals surface area contributed by atoms with Crippen molar-refractivity contribution in [2.45, 2.75) is 73.5 Å². The van der Waals surface area contributed by atoms with Crippen LogP contribution in [0.4, 0.5) is 0 Å². The van der Waals surface area contributed by atoms with E-state index in [1.807, 2.05) is 30.6 Å². The van der Waals surface area contributed by atoms with Gasteiger partial charge in [0.15, 0.2) is 0 Å². The molecular formula is C26H50N4O6. The van der Waals surface area contributed by atoms with Crippen molar-refractivity contribution in [2.24, 2.45) is 10.8 Å². The fourth-order valence-corrected chi connectivity index (χ4v) is 5.66. The number of carbonyl (C=O) groups is 3. The number of carboxylic acids is 2. The lowest BCUT2D eigenvalue weighted by Gasteiger charge is -2.58. The molecule has 0 atom stereocenters. The van der Waals surface area contributed by atoms with Gasteiger partial charge in [0.05, 0.1) is 13.1 Å². The van der Waals surface area contributed by atoms with Crippen molar-refractivity contribution in [1.82, 2.24) is 20.0 Å². The van der Waals surface area contributed by atoms with Gasteiger partial charge in [0, 0.05) is 52.4 Å². The zero-order valence-corrected chi connectivity index (χ0v) is 23.9. The molecular weight excluding hydrogens is 464 g/mol. The van der Waals surface area contributed by atoms with E-state index in [2.05, 4.69) is 51.8 Å². The van der Waals surface area contributed by atoms with Crippen molar-refractivity contribution in [3.8, 4) is 0 Å². The molecule has 36 heavy (non-hydrogen) atoms. The molecule has 1 aliphatic rings. The number of nitrogens with one attached hydrogen (secondary N) is 1. The number of carboxylic acid groups (broad SMARTS) is 2. The van der Waals surface area contributed by atoms with Crippen LogP contribution in [0.2, 0.25) is 0 Å². The topological polar surface area (TPSA) is 123 Å². The summed E-state index contributed by atoms with van der Waals surface area (Å²) in [7, 11) is 0. The smallest absolute Gasteiger partial charge is 0.328 e. The van der Waals surface area contributed by atoms with Gasteiger partial charge in [0.2, 0.25) is 0 Å². The normalized spacial score (nSPS) is 19.2. The van der Waals surface area contributed by atoms with Crippen molar-refractivity contribution < 1.29 is 29.3 Å². The Morgan fingerprint density at radius 2 is 1.11 bits per heavy atom. The van der Waals surface area contributed by atoms with E-state index in [0.29, 0.717) is 52.4 Å². The second-order valence-corrected chi connectivity index (χ2v) is 12.8. The van der Waals surface area contributed by atoms with Crippen molar-refractivity contribution in [3.05, 3.63) is 0 Å². The molecule has 0 unspecified atom stereocenters. The Morgan fingerprint density at radius 1 is 0.694 bits per heavy atom. The second-order valence-electron chi connectivity index (χ2n) is 12.8. The van der Waals surface area contributed by atoms with Gasteiger partial charge < -0.3 is 20.3 Å². The molecule has 1 heterocycles. The van der Waals surface area contributed by atoms with Crippen LogP contribution in [0.5, 0.6) is 0 Å². The number of nitrogens with zero attached hydrogens (tertiary/aromatic N) is 3. The number of ether oxygens (including phenoxy) is 1. The highest BCUT2D eigenvalue weighted by molar-refractivity contribution is 5.83. The molecule has 0 aliphatic carbocycles. The van der Waals surface area contributed by atoms with Crippen LogP contribution in [0.1, 0.15) is 62.3 Å². The van der Waals surface area contributed by atoms with E-state index in [4.69, 9.17) is 4.74 Å². The van der Waals surface area contributed by atoms with Crippen molar-refractivity contribution in [1.29, 1.82) is 0 Å². The van der Waals surface area contributed by atoms with E-state index in [-0.39, 0.29) is 19.1 Å². The van der Waals surface area contributed by atoms with Gasteiger partial charge in [-0.3, -0.25) is 24.3 Å². The zero-order valence-electron chi connectivity index (χ0n) is 23.9. The molecule has 10 heteroatoms. The lowest BCUT2D eigenvalue weighted by atomic mass is 9.58. The van der Waals surface area contributed by atoms with E-state index < -0.39 is 33.9 Å². The average molecular weight is 515 g/mol. The van der Waals surface area contributed by atoms with Gasteiger partial charge in [-0.2, -0.15) is 0 Å². The van der Waals surface area contributed by atoms with E-state index in [1.165, 1.54) is 0 Å². The third kappa shape index (κ3) is 8.97. The molecule has 1 saturated heterocycles. The van der Waals surface area contributed by atoms with Gasteiger partial charge in [-0.1, -0.05) is 41.5 Å². The number of carbonyl (C=O) groups excluding carboxylic acids is 1. The molecule has 0 aromatic carbocycles. The molecule has 0 spiro atoms. The fraction of sp³-hybridized carbons (Fsp3) is 0.885. The predicted molar refractivity (Wildman–Crippen MR) is 140 cm³/mol. The quantitative estimate of drug-likeness (QED) is 0.453. The van der Waals surface area contributed by atoms with Gasteiger partial charge in [-0.05, 0) is 31.6 Å². The van der Waals surface area contributed by atoms with Crippen molar-refractivity contribution in [2.75, 3.05) is 65.4 Å². The molecule has 0 bridgehead atoms. The fourth-order valence-electron chi connectivity index (χ4n) is 5.66. The van der Waals surface area contributed by atoms with E-state index in [9.17, 15) is 24.6 Å². The van der Waals surface area contributed by atoms with Crippen molar-refractivity contribution in [3.63, 3.8) is 0 Å². The predicted octanol–water partition coefficient (Wildman–Crippen LogP) is 1.84. The lowest BCUT2D eigenvalue weighted by Crippen LogP contribution is -2.71. The van der Waals surface area contributed by atoms with Gasteiger partial charge >= 0.3 is 17.9 Å². The Kier molecular flexibility index (Phi) is 11.4. The van der Waals surface area contributed by atoms with E-state index >= 15 is 0 Å². The van der Waals surface area contributed by atoms with Gasteiger partial charge in [0.1, 0.15) is 11.1 Å². The first-order valence-corrected chi connectivity index (χ1v) is 12.9. The van der Waals surface area contributed by atoms with Crippen LogP contribution in [0.25, 0.3) is 0 Å². The first kappa shape index (κ1) is 32.3. The van der Waals surface area contributed by atoms with E-state index in [0.717, 1.165) is 0 Å². The summed E-state index contributed by atoms with van der Waals surface area (Å²) in [6.07, 6.45) is 0. The summed E-state index contributed by atoms with van der Waals surface area (Å²) in [5.41, 5.74) is -2.66. The summed E-state index contributed by atoms with van der Waals surface area (Å²) < 4.78 is 6.05. The number of hydrogen-bond donors (Lipinski definition) is 3. The minimum Gasteiger partial charge on any atom is -0.480 e. The van der Waals surface area contributed by atoms with Crippen LogP contribution in [-0.2, 0) is 19.1 Å². The number of rotatable bonds is 6. The Morgan fingerprint density at radius 3 is 1.53 bits per heavy atom. The van der Waals surface area contributed by atoms with Gasteiger partial charge in [-0.15, -0.1) is 0 Å². The van der Waals surface area contributed by atoms with Crippen LogP contribution in [0.3, 0.4) is 0 Å². The average Bonchev–Trinajstić information content (AvgIpc) is 2.63. The SMILES string of the molecule is CC(C)(C)OC(=O)C(N1CCNCCN(CC(=O)O)CCN(CC(=O)O)CC1)(C(C)(C)C)C(C)(C)C. The minimum atomic E-state index is -0.997. The largest absolute Gasteiger partial charge is 0.480 e. The van der Waals surface area contributed by atoms with Crippen LogP contribution >= 0.6 is 0 Å². The minimum absolute atomic E-state index is 0.0927. The Balaban J connectivity index is 3.46. The van der Waals surface area contributed by atoms with Crippen molar-refractivity contribution >= 4 is 17.9 Å². The highest BCUT2D eigenvalue weighted by Crippen LogP contribution is 2.49. The van der Waals surface area contributed by atoms with Gasteiger partial charge in [0.25, 0.3) is 0 Å². The summed E-state index contributed by atoms with van der Waals surface area (Å²) in [6, 6.07) is 0. The first-order chi connectivity index (χ1) is 16.3. The number of esters is 1. The molecule has 0 saturated carbocycles. The molecule has 1 fully saturated rings. The third-order valence-corrected chi connectivity index (χ3v) is 6.64. The van der Waals surface area contributed by atoms with Crippen LogP contribution in [-0.4, -0.2) is 119 Å². The van der Waals surface area contributed by atoms with Crippen LogP contribution in [0, 0.1) is 10.8 Å². The Bertz CT molecular complexity index is 737. The summed E-state index contributed by atoms with van der Waals surface area (Å²) in [6.45, 7) is 21.7. The molecule has 1 rings (SSSR count). The molecule has 0 radical (unpaired) electrons. The molecule has 0 aromatic rings. The number of aliphatic carboxylic acids is 2. The maximum absolute atomic E-state index is 14.1. The Hall–Kier alpha value is -1.75. The maximum atomic E-state index is 14.1. The molecule has 210 valence electrons. The second kappa shape index (κ2) is 12.7. The highest BCUT2D eigenvalue weighted by atomic mass is 16.6. The maximum Gasteiger partial charge on any atom is 0.328 e. The molecule has 1 aliphatic heterocycles. The summed E-state index contributed by atoms with van der Waals surface area (Å²) in [5, 5.41) is 22.2.